The lowest BCUT2D eigenvalue weighted by Crippen LogP contribution is -2.15. The maximum absolute atomic E-state index is 12.0. The minimum absolute atomic E-state index is 0.282. The predicted octanol–water partition coefficient (Wildman–Crippen LogP) is 2.14. The summed E-state index contributed by atoms with van der Waals surface area (Å²) in [6, 6.07) is 0. The van der Waals surface area contributed by atoms with Crippen LogP contribution in [-0.2, 0) is 4.79 Å². The number of halogens is 2. The van der Waals surface area contributed by atoms with Crippen LogP contribution in [0.3, 0.4) is 0 Å². The topological polar surface area (TPSA) is 37.3 Å². The number of aliphatic carboxylic acids is 1. The van der Waals surface area contributed by atoms with E-state index >= 15 is 0 Å². The summed E-state index contributed by atoms with van der Waals surface area (Å²) in [7, 11) is 0. The van der Waals surface area contributed by atoms with E-state index in [-0.39, 0.29) is 6.42 Å². The number of hydrogen-bond acceptors (Lipinski definition) is 1. The van der Waals surface area contributed by atoms with Gasteiger partial charge in [-0.25, -0.2) is 8.78 Å². The van der Waals surface area contributed by atoms with E-state index in [0.717, 1.165) is 0 Å². The molecule has 1 atom stereocenters. The smallest absolute Gasteiger partial charge is 0.303 e. The van der Waals surface area contributed by atoms with Crippen molar-refractivity contribution in [1.82, 2.24) is 0 Å². The minimum Gasteiger partial charge on any atom is -0.481 e. The molecule has 1 N–H and O–H groups in total. The maximum Gasteiger partial charge on any atom is 0.303 e. The Bertz CT molecular complexity index is 126. The second kappa shape index (κ2) is 5.04. The zero-order valence-corrected chi connectivity index (χ0v) is 6.39. The van der Waals surface area contributed by atoms with Gasteiger partial charge in [0.05, 0.1) is 6.42 Å². The Hall–Kier alpha value is -0.670. The summed E-state index contributed by atoms with van der Waals surface area (Å²) < 4.78 is 24.0. The predicted molar refractivity (Wildman–Crippen MR) is 36.7 cm³/mol. The van der Waals surface area contributed by atoms with Gasteiger partial charge in [-0.15, -0.1) is 0 Å². The monoisotopic (exact) mass is 166 g/mol. The van der Waals surface area contributed by atoms with Crippen LogP contribution in [0.5, 0.6) is 0 Å². The third-order valence-electron chi connectivity index (χ3n) is 1.45. The third kappa shape index (κ3) is 4.70. The fourth-order valence-corrected chi connectivity index (χ4v) is 0.912. The highest BCUT2D eigenvalue weighted by atomic mass is 19.3. The van der Waals surface area contributed by atoms with Gasteiger partial charge in [0.2, 0.25) is 6.43 Å². The summed E-state index contributed by atoms with van der Waals surface area (Å²) >= 11 is 0. The Kier molecular flexibility index (Phi) is 4.74. The SMILES string of the molecule is CCCC(CC(=O)O)C(F)F. The van der Waals surface area contributed by atoms with Gasteiger partial charge in [0.1, 0.15) is 0 Å². The first-order valence-electron chi connectivity index (χ1n) is 3.57. The summed E-state index contributed by atoms with van der Waals surface area (Å²) in [6.07, 6.45) is -2.05. The highest BCUT2D eigenvalue weighted by Gasteiger charge is 2.21. The number of carbonyl (C=O) groups is 1. The second-order valence-corrected chi connectivity index (χ2v) is 2.48. The van der Waals surface area contributed by atoms with E-state index in [9.17, 15) is 13.6 Å². The van der Waals surface area contributed by atoms with Crippen LogP contribution < -0.4 is 0 Å². The molecule has 0 aliphatic heterocycles. The molecule has 0 aliphatic rings. The molecule has 4 heteroatoms. The zero-order chi connectivity index (χ0) is 8.85. The molecule has 0 amide bonds. The maximum atomic E-state index is 12.0. The average molecular weight is 166 g/mol. The lowest BCUT2D eigenvalue weighted by molar-refractivity contribution is -0.139. The van der Waals surface area contributed by atoms with E-state index in [1.54, 1.807) is 6.92 Å². The van der Waals surface area contributed by atoms with Gasteiger partial charge in [0.15, 0.2) is 0 Å². The van der Waals surface area contributed by atoms with Crippen LogP contribution >= 0.6 is 0 Å². The molecule has 0 rings (SSSR count). The van der Waals surface area contributed by atoms with E-state index in [2.05, 4.69) is 0 Å². The summed E-state index contributed by atoms with van der Waals surface area (Å²) in [5, 5.41) is 8.23. The largest absolute Gasteiger partial charge is 0.481 e. The fraction of sp³-hybridized carbons (Fsp3) is 0.857. The summed E-state index contributed by atoms with van der Waals surface area (Å²) in [5.41, 5.74) is 0. The molecule has 0 aliphatic carbocycles. The molecular formula is C7H12F2O2. The number of alkyl halides is 2. The van der Waals surface area contributed by atoms with Crippen molar-refractivity contribution in [2.75, 3.05) is 0 Å². The second-order valence-electron chi connectivity index (χ2n) is 2.48. The molecule has 0 heterocycles. The van der Waals surface area contributed by atoms with Crippen molar-refractivity contribution in [3.63, 3.8) is 0 Å². The van der Waals surface area contributed by atoms with E-state index in [1.165, 1.54) is 0 Å². The van der Waals surface area contributed by atoms with Crippen LogP contribution in [0.15, 0.2) is 0 Å². The Morgan fingerprint density at radius 2 is 2.09 bits per heavy atom. The highest BCUT2D eigenvalue weighted by molar-refractivity contribution is 5.67. The molecule has 2 nitrogen and oxygen atoms in total. The summed E-state index contributed by atoms with van der Waals surface area (Å²) in [5.74, 6) is -2.12. The molecule has 0 aromatic carbocycles. The lowest BCUT2D eigenvalue weighted by Gasteiger charge is -2.11. The molecule has 0 fully saturated rings. The molecule has 66 valence electrons. The molecule has 11 heavy (non-hydrogen) atoms. The Balaban J connectivity index is 3.79. The first kappa shape index (κ1) is 10.3. The highest BCUT2D eigenvalue weighted by Crippen LogP contribution is 2.19. The fourth-order valence-electron chi connectivity index (χ4n) is 0.912. The molecule has 0 bridgehead atoms. The van der Waals surface area contributed by atoms with Crippen LogP contribution in [0.2, 0.25) is 0 Å². The minimum atomic E-state index is -2.51. The van der Waals surface area contributed by atoms with Gasteiger partial charge in [0.25, 0.3) is 0 Å². The summed E-state index contributed by atoms with van der Waals surface area (Å²) in [6.45, 7) is 1.76. The third-order valence-corrected chi connectivity index (χ3v) is 1.45. The van der Waals surface area contributed by atoms with Crippen molar-refractivity contribution in [3.05, 3.63) is 0 Å². The van der Waals surface area contributed by atoms with E-state index in [1.807, 2.05) is 0 Å². The molecule has 0 aromatic heterocycles. The number of hydrogen-bond donors (Lipinski definition) is 1. The van der Waals surface area contributed by atoms with Gasteiger partial charge < -0.3 is 5.11 Å². The van der Waals surface area contributed by atoms with Gasteiger partial charge in [-0.05, 0) is 6.42 Å². The standard InChI is InChI=1S/C7H12F2O2/c1-2-3-5(7(8)9)4-6(10)11/h5,7H,2-4H2,1H3,(H,10,11). The van der Waals surface area contributed by atoms with E-state index in [0.29, 0.717) is 6.42 Å². The lowest BCUT2D eigenvalue weighted by atomic mass is 10.0. The van der Waals surface area contributed by atoms with Crippen molar-refractivity contribution in [3.8, 4) is 0 Å². The van der Waals surface area contributed by atoms with Crippen molar-refractivity contribution in [2.24, 2.45) is 5.92 Å². The molecule has 0 aromatic rings. The van der Waals surface area contributed by atoms with Crippen molar-refractivity contribution < 1.29 is 18.7 Å². The molecule has 1 unspecified atom stereocenters. The van der Waals surface area contributed by atoms with Crippen LogP contribution in [0.25, 0.3) is 0 Å². The van der Waals surface area contributed by atoms with Crippen molar-refractivity contribution in [2.45, 2.75) is 32.6 Å². The van der Waals surface area contributed by atoms with E-state index in [4.69, 9.17) is 5.11 Å². The zero-order valence-electron chi connectivity index (χ0n) is 6.39. The number of carboxylic acid groups (broad SMARTS) is 1. The quantitative estimate of drug-likeness (QED) is 0.679. The first-order chi connectivity index (χ1) is 5.07. The molecule has 0 spiro atoms. The first-order valence-corrected chi connectivity index (χ1v) is 3.57. The van der Waals surface area contributed by atoms with Gasteiger partial charge in [-0.3, -0.25) is 4.79 Å². The van der Waals surface area contributed by atoms with Gasteiger partial charge in [-0.1, -0.05) is 13.3 Å². The molecule has 0 radical (unpaired) electrons. The normalized spacial score (nSPS) is 13.5. The van der Waals surface area contributed by atoms with Crippen molar-refractivity contribution in [1.29, 1.82) is 0 Å². The Morgan fingerprint density at radius 1 is 1.55 bits per heavy atom. The molecule has 0 saturated carbocycles. The van der Waals surface area contributed by atoms with Gasteiger partial charge >= 0.3 is 5.97 Å². The Morgan fingerprint density at radius 3 is 2.36 bits per heavy atom. The molecule has 0 saturated heterocycles. The van der Waals surface area contributed by atoms with Crippen LogP contribution in [0, 0.1) is 5.92 Å². The van der Waals surface area contributed by atoms with Crippen molar-refractivity contribution >= 4 is 5.97 Å². The van der Waals surface area contributed by atoms with E-state index < -0.39 is 24.7 Å². The van der Waals surface area contributed by atoms with Gasteiger partial charge in [-0.2, -0.15) is 0 Å². The Labute approximate surface area is 64.2 Å². The number of rotatable bonds is 5. The van der Waals surface area contributed by atoms with Crippen LogP contribution in [0.4, 0.5) is 8.78 Å². The molecular weight excluding hydrogens is 154 g/mol. The van der Waals surface area contributed by atoms with Gasteiger partial charge in [0, 0.05) is 5.92 Å². The average Bonchev–Trinajstić information content (AvgIpc) is 1.86. The summed E-state index contributed by atoms with van der Waals surface area (Å²) in [4.78, 5) is 10.1. The van der Waals surface area contributed by atoms with Crippen LogP contribution in [0.1, 0.15) is 26.2 Å². The number of carboxylic acids is 1. The van der Waals surface area contributed by atoms with Crippen LogP contribution in [-0.4, -0.2) is 17.5 Å².